The smallest absolute Gasteiger partial charge is 0.324 e. The van der Waals surface area contributed by atoms with Gasteiger partial charge in [-0.05, 0) is 30.3 Å². The van der Waals surface area contributed by atoms with Crippen molar-refractivity contribution in [1.29, 1.82) is 0 Å². The zero-order valence-electron chi connectivity index (χ0n) is 12.9. The SMILES string of the molecule is O=C(ON1C(=O)c2ccccc2C1=O)c1ccc2c(=O)[nH][nH]c(=O)c2c1. The number of fused-ring (bicyclic) bond motifs is 2. The Morgan fingerprint density at radius 2 is 1.38 bits per heavy atom. The minimum absolute atomic E-state index is 0.0226. The summed E-state index contributed by atoms with van der Waals surface area (Å²) in [4.78, 5) is 65.1. The third kappa shape index (κ3) is 2.22. The second-order valence-corrected chi connectivity index (χ2v) is 5.50. The number of amides is 2. The molecule has 2 amide bonds. The molecule has 2 N–H and O–H groups in total. The number of imide groups is 1. The van der Waals surface area contributed by atoms with E-state index in [0.717, 1.165) is 6.07 Å². The van der Waals surface area contributed by atoms with Crippen molar-refractivity contribution >= 4 is 28.6 Å². The minimum atomic E-state index is -1.01. The van der Waals surface area contributed by atoms with Gasteiger partial charge in [-0.25, -0.2) is 4.79 Å². The van der Waals surface area contributed by atoms with Crippen molar-refractivity contribution < 1.29 is 19.2 Å². The van der Waals surface area contributed by atoms with Gasteiger partial charge in [0.15, 0.2) is 0 Å². The Balaban J connectivity index is 1.68. The molecule has 9 heteroatoms. The lowest BCUT2D eigenvalue weighted by atomic mass is 10.1. The number of nitrogens with zero attached hydrogens (tertiary/aromatic N) is 1. The van der Waals surface area contributed by atoms with Gasteiger partial charge in [-0.1, -0.05) is 17.2 Å². The van der Waals surface area contributed by atoms with Crippen LogP contribution in [-0.4, -0.2) is 33.0 Å². The zero-order valence-corrected chi connectivity index (χ0v) is 12.9. The summed E-state index contributed by atoms with van der Waals surface area (Å²) in [5.41, 5.74) is -0.960. The lowest BCUT2D eigenvalue weighted by molar-refractivity contribution is -0.0584. The molecule has 1 aliphatic rings. The van der Waals surface area contributed by atoms with Crippen molar-refractivity contribution in [3.63, 3.8) is 0 Å². The second kappa shape index (κ2) is 5.52. The number of hydrogen-bond acceptors (Lipinski definition) is 6. The van der Waals surface area contributed by atoms with E-state index in [2.05, 4.69) is 10.2 Å². The third-order valence-electron chi connectivity index (χ3n) is 3.97. The molecule has 4 rings (SSSR count). The van der Waals surface area contributed by atoms with E-state index in [1.807, 2.05) is 0 Å². The lowest BCUT2D eigenvalue weighted by Crippen LogP contribution is -2.32. The highest BCUT2D eigenvalue weighted by Gasteiger charge is 2.38. The van der Waals surface area contributed by atoms with Crippen molar-refractivity contribution in [1.82, 2.24) is 15.3 Å². The molecule has 2 aromatic carbocycles. The summed E-state index contributed by atoms with van der Waals surface area (Å²) in [6.45, 7) is 0. The Hall–Kier alpha value is -4.01. The van der Waals surface area contributed by atoms with Crippen molar-refractivity contribution in [2.45, 2.75) is 0 Å². The Bertz CT molecular complexity index is 1190. The first-order valence-corrected chi connectivity index (χ1v) is 7.42. The van der Waals surface area contributed by atoms with E-state index in [-0.39, 0.29) is 27.5 Å². The van der Waals surface area contributed by atoms with Gasteiger partial charge in [0, 0.05) is 0 Å². The molecule has 3 aromatic rings. The zero-order chi connectivity index (χ0) is 18.4. The molecule has 26 heavy (non-hydrogen) atoms. The van der Waals surface area contributed by atoms with Crippen molar-refractivity contribution in [2.75, 3.05) is 0 Å². The van der Waals surface area contributed by atoms with Gasteiger partial charge in [0.05, 0.1) is 27.5 Å². The number of benzene rings is 2. The first kappa shape index (κ1) is 15.5. The largest absolute Gasteiger partial charge is 0.363 e. The number of rotatable bonds is 2. The predicted octanol–water partition coefficient (Wildman–Crippen LogP) is 0.584. The fourth-order valence-electron chi connectivity index (χ4n) is 2.69. The van der Waals surface area contributed by atoms with Gasteiger partial charge in [0.2, 0.25) is 0 Å². The van der Waals surface area contributed by atoms with Crippen LogP contribution in [0.3, 0.4) is 0 Å². The topological polar surface area (TPSA) is 129 Å². The van der Waals surface area contributed by atoms with Crippen LogP contribution in [-0.2, 0) is 4.84 Å². The molecule has 128 valence electrons. The van der Waals surface area contributed by atoms with Crippen LogP contribution in [0, 0.1) is 0 Å². The average molecular weight is 351 g/mol. The number of aromatic nitrogens is 2. The van der Waals surface area contributed by atoms with Crippen LogP contribution in [0.1, 0.15) is 31.1 Å². The summed E-state index contributed by atoms with van der Waals surface area (Å²) in [6, 6.07) is 9.77. The van der Waals surface area contributed by atoms with Gasteiger partial charge in [-0.15, -0.1) is 0 Å². The van der Waals surface area contributed by atoms with Crippen LogP contribution in [0.15, 0.2) is 52.1 Å². The fourth-order valence-corrected chi connectivity index (χ4v) is 2.69. The Morgan fingerprint density at radius 1 is 0.808 bits per heavy atom. The highest BCUT2D eigenvalue weighted by atomic mass is 16.7. The quantitative estimate of drug-likeness (QED) is 0.650. The average Bonchev–Trinajstić information content (AvgIpc) is 2.90. The van der Waals surface area contributed by atoms with E-state index in [1.165, 1.54) is 24.3 Å². The Kier molecular flexibility index (Phi) is 3.29. The maximum atomic E-state index is 12.3. The normalized spacial score (nSPS) is 13.2. The molecule has 1 aliphatic heterocycles. The number of nitrogens with one attached hydrogen (secondary N) is 2. The molecular formula is C17H9N3O6. The molecule has 0 atom stereocenters. The summed E-state index contributed by atoms with van der Waals surface area (Å²) in [5.74, 6) is -2.52. The van der Waals surface area contributed by atoms with Crippen molar-refractivity contribution in [3.8, 4) is 0 Å². The van der Waals surface area contributed by atoms with Crippen LogP contribution >= 0.6 is 0 Å². The minimum Gasteiger partial charge on any atom is -0.324 e. The Morgan fingerprint density at radius 3 is 2.00 bits per heavy atom. The van der Waals surface area contributed by atoms with Gasteiger partial charge in [-0.3, -0.25) is 29.4 Å². The molecule has 0 saturated carbocycles. The number of aromatic amines is 2. The first-order chi connectivity index (χ1) is 12.5. The maximum Gasteiger partial charge on any atom is 0.363 e. The molecule has 0 fully saturated rings. The molecule has 0 saturated heterocycles. The highest BCUT2D eigenvalue weighted by Crippen LogP contribution is 2.23. The standard InChI is InChI=1S/C17H9N3O6/c21-13-9-6-5-8(7-12(9)14(22)19-18-13)17(25)26-20-15(23)10-3-1-2-4-11(10)16(20)24/h1-7H,(H,18,21)(H,19,22). The molecule has 0 bridgehead atoms. The van der Waals surface area contributed by atoms with Gasteiger partial charge in [-0.2, -0.15) is 0 Å². The van der Waals surface area contributed by atoms with Crippen LogP contribution in [0.4, 0.5) is 0 Å². The van der Waals surface area contributed by atoms with Gasteiger partial charge >= 0.3 is 5.97 Å². The molecule has 0 unspecified atom stereocenters. The van der Waals surface area contributed by atoms with E-state index in [0.29, 0.717) is 5.06 Å². The predicted molar refractivity (Wildman–Crippen MR) is 87.5 cm³/mol. The number of carbonyl (C=O) groups excluding carboxylic acids is 3. The lowest BCUT2D eigenvalue weighted by Gasteiger charge is -2.12. The molecule has 2 heterocycles. The third-order valence-corrected chi connectivity index (χ3v) is 3.97. The van der Waals surface area contributed by atoms with Crippen LogP contribution < -0.4 is 11.1 Å². The van der Waals surface area contributed by atoms with Crippen LogP contribution in [0.5, 0.6) is 0 Å². The van der Waals surface area contributed by atoms with E-state index in [4.69, 9.17) is 4.84 Å². The highest BCUT2D eigenvalue weighted by molar-refractivity contribution is 6.21. The summed E-state index contributed by atoms with van der Waals surface area (Å²) >= 11 is 0. The van der Waals surface area contributed by atoms with E-state index >= 15 is 0 Å². The molecule has 9 nitrogen and oxygen atoms in total. The van der Waals surface area contributed by atoms with Gasteiger partial charge in [0.25, 0.3) is 22.9 Å². The summed E-state index contributed by atoms with van der Waals surface area (Å²) in [7, 11) is 0. The van der Waals surface area contributed by atoms with Crippen molar-refractivity contribution in [2.24, 2.45) is 0 Å². The van der Waals surface area contributed by atoms with Gasteiger partial charge < -0.3 is 4.84 Å². The van der Waals surface area contributed by atoms with Crippen LogP contribution in [0.25, 0.3) is 10.8 Å². The van der Waals surface area contributed by atoms with Gasteiger partial charge in [0.1, 0.15) is 0 Å². The molecule has 0 radical (unpaired) electrons. The number of hydroxylamine groups is 2. The van der Waals surface area contributed by atoms with E-state index < -0.39 is 28.9 Å². The van der Waals surface area contributed by atoms with Crippen molar-refractivity contribution in [3.05, 3.63) is 79.9 Å². The maximum absolute atomic E-state index is 12.3. The van der Waals surface area contributed by atoms with E-state index in [9.17, 15) is 24.0 Å². The van der Waals surface area contributed by atoms with E-state index in [1.54, 1.807) is 12.1 Å². The summed E-state index contributed by atoms with van der Waals surface area (Å²) in [5, 5.41) is 4.75. The summed E-state index contributed by atoms with van der Waals surface area (Å²) < 4.78 is 0. The number of H-pyrrole nitrogens is 2. The fraction of sp³-hybridized carbons (Fsp3) is 0. The molecule has 0 spiro atoms. The van der Waals surface area contributed by atoms with Crippen LogP contribution in [0.2, 0.25) is 0 Å². The molecule has 1 aromatic heterocycles. The molecular weight excluding hydrogens is 342 g/mol. The second-order valence-electron chi connectivity index (χ2n) is 5.50. The summed E-state index contributed by atoms with van der Waals surface area (Å²) in [6.07, 6.45) is 0. The first-order valence-electron chi connectivity index (χ1n) is 7.42. The number of carbonyl (C=O) groups is 3. The number of hydrogen-bond donors (Lipinski definition) is 2. The monoisotopic (exact) mass is 351 g/mol. The molecule has 0 aliphatic carbocycles. The Labute approximate surface area is 143 Å².